The minimum absolute atomic E-state index is 0.0649. The van der Waals surface area contributed by atoms with Crippen molar-refractivity contribution in [2.75, 3.05) is 5.32 Å². The number of aryl methyl sites for hydroxylation is 2. The molecule has 0 radical (unpaired) electrons. The molecule has 4 rings (SSSR count). The molecule has 0 spiro atoms. The first-order valence-corrected chi connectivity index (χ1v) is 9.84. The van der Waals surface area contributed by atoms with E-state index in [2.05, 4.69) is 23.3 Å². The fraction of sp³-hybridized carbons (Fsp3) is 0.167. The van der Waals surface area contributed by atoms with Crippen molar-refractivity contribution in [1.29, 1.82) is 0 Å². The number of anilines is 1. The van der Waals surface area contributed by atoms with Gasteiger partial charge in [0, 0.05) is 17.1 Å². The van der Waals surface area contributed by atoms with E-state index >= 15 is 0 Å². The predicted octanol–water partition coefficient (Wildman–Crippen LogP) is 5.87. The van der Waals surface area contributed by atoms with Gasteiger partial charge in [0.1, 0.15) is 5.52 Å². The molecule has 0 bridgehead atoms. The van der Waals surface area contributed by atoms with Crippen LogP contribution in [0, 0.1) is 13.8 Å². The van der Waals surface area contributed by atoms with Gasteiger partial charge >= 0.3 is 0 Å². The summed E-state index contributed by atoms with van der Waals surface area (Å²) >= 11 is 5.88. The van der Waals surface area contributed by atoms with E-state index in [-0.39, 0.29) is 5.91 Å². The van der Waals surface area contributed by atoms with Gasteiger partial charge < -0.3 is 9.73 Å². The molecule has 1 N–H and O–H groups in total. The molecule has 3 aromatic carbocycles. The lowest BCUT2D eigenvalue weighted by Gasteiger charge is -2.06. The van der Waals surface area contributed by atoms with Crippen molar-refractivity contribution in [3.05, 3.63) is 93.8 Å². The first kappa shape index (κ1) is 19.2. The summed E-state index contributed by atoms with van der Waals surface area (Å²) in [4.78, 5) is 16.8. The molecule has 4 nitrogen and oxygen atoms in total. The summed E-state index contributed by atoms with van der Waals surface area (Å²) in [7, 11) is 0. The van der Waals surface area contributed by atoms with Gasteiger partial charge in [0.25, 0.3) is 0 Å². The zero-order chi connectivity index (χ0) is 20.4. The number of halogens is 1. The summed E-state index contributed by atoms with van der Waals surface area (Å²) in [5.74, 6) is 0.623. The Morgan fingerprint density at radius 3 is 2.41 bits per heavy atom. The summed E-state index contributed by atoms with van der Waals surface area (Å²) < 4.78 is 5.94. The molecule has 146 valence electrons. The third kappa shape index (κ3) is 4.66. The van der Waals surface area contributed by atoms with Crippen molar-refractivity contribution in [2.45, 2.75) is 26.7 Å². The number of benzene rings is 3. The molecule has 1 heterocycles. The van der Waals surface area contributed by atoms with E-state index in [1.165, 1.54) is 5.56 Å². The van der Waals surface area contributed by atoms with E-state index in [1.54, 1.807) is 12.1 Å². The van der Waals surface area contributed by atoms with E-state index in [0.717, 1.165) is 33.5 Å². The highest BCUT2D eigenvalue weighted by atomic mass is 35.5. The number of fused-ring (bicyclic) bond motifs is 1. The van der Waals surface area contributed by atoms with Crippen LogP contribution in [-0.2, 0) is 17.6 Å². The van der Waals surface area contributed by atoms with Gasteiger partial charge in [0.05, 0.1) is 6.42 Å². The molecule has 0 saturated heterocycles. The van der Waals surface area contributed by atoms with Gasteiger partial charge in [-0.1, -0.05) is 41.9 Å². The van der Waals surface area contributed by atoms with Crippen molar-refractivity contribution >= 4 is 34.3 Å². The maximum atomic E-state index is 12.2. The number of rotatable bonds is 5. The Morgan fingerprint density at radius 1 is 1.00 bits per heavy atom. The van der Waals surface area contributed by atoms with Gasteiger partial charge in [0.2, 0.25) is 5.91 Å². The molecule has 0 atom stereocenters. The highest BCUT2D eigenvalue weighted by Gasteiger charge is 2.10. The maximum absolute atomic E-state index is 12.2. The summed E-state index contributed by atoms with van der Waals surface area (Å²) in [6, 6.07) is 19.2. The first-order valence-electron chi connectivity index (χ1n) is 9.46. The fourth-order valence-corrected chi connectivity index (χ4v) is 3.50. The standard InChI is InChI=1S/C24H21ClN2O2/c1-15-11-16(2)24-21(12-15)27-23(29-24)14-18-5-9-20(10-6-18)26-22(28)13-17-3-7-19(25)8-4-17/h3-12H,13-14H2,1-2H3,(H,26,28). The molecule has 29 heavy (non-hydrogen) atoms. The number of nitrogens with one attached hydrogen (secondary N) is 1. The maximum Gasteiger partial charge on any atom is 0.228 e. The van der Waals surface area contributed by atoms with Crippen LogP contribution < -0.4 is 5.32 Å². The number of oxazole rings is 1. The summed E-state index contributed by atoms with van der Waals surface area (Å²) in [5, 5.41) is 3.58. The number of aromatic nitrogens is 1. The monoisotopic (exact) mass is 404 g/mol. The fourth-order valence-electron chi connectivity index (χ4n) is 3.37. The normalized spacial score (nSPS) is 11.0. The van der Waals surface area contributed by atoms with Gasteiger partial charge in [-0.15, -0.1) is 0 Å². The van der Waals surface area contributed by atoms with E-state index in [0.29, 0.717) is 23.8 Å². The lowest BCUT2D eigenvalue weighted by Crippen LogP contribution is -2.14. The Hall–Kier alpha value is -3.11. The minimum atomic E-state index is -0.0649. The molecule has 1 amide bonds. The molecule has 0 aliphatic carbocycles. The third-order valence-electron chi connectivity index (χ3n) is 4.74. The summed E-state index contributed by atoms with van der Waals surface area (Å²) in [6.45, 7) is 4.09. The quantitative estimate of drug-likeness (QED) is 0.452. The van der Waals surface area contributed by atoms with Gasteiger partial charge in [-0.3, -0.25) is 4.79 Å². The van der Waals surface area contributed by atoms with Crippen molar-refractivity contribution in [3.63, 3.8) is 0 Å². The number of carbonyl (C=O) groups is 1. The Bertz CT molecular complexity index is 1160. The van der Waals surface area contributed by atoms with Crippen LogP contribution in [0.4, 0.5) is 5.69 Å². The predicted molar refractivity (Wildman–Crippen MR) is 117 cm³/mol. The Morgan fingerprint density at radius 2 is 1.69 bits per heavy atom. The number of hydrogen-bond donors (Lipinski definition) is 1. The van der Waals surface area contributed by atoms with Crippen molar-refractivity contribution in [2.24, 2.45) is 0 Å². The van der Waals surface area contributed by atoms with Crippen molar-refractivity contribution < 1.29 is 9.21 Å². The van der Waals surface area contributed by atoms with Crippen LogP contribution in [0.1, 0.15) is 28.1 Å². The second-order valence-electron chi connectivity index (χ2n) is 7.26. The van der Waals surface area contributed by atoms with Crippen LogP contribution in [0.25, 0.3) is 11.1 Å². The molecule has 0 unspecified atom stereocenters. The van der Waals surface area contributed by atoms with Crippen LogP contribution in [0.15, 0.2) is 65.1 Å². The van der Waals surface area contributed by atoms with Crippen LogP contribution in [0.3, 0.4) is 0 Å². The van der Waals surface area contributed by atoms with E-state index in [1.807, 2.05) is 49.4 Å². The molecule has 4 aromatic rings. The van der Waals surface area contributed by atoms with E-state index in [4.69, 9.17) is 16.0 Å². The van der Waals surface area contributed by atoms with Gasteiger partial charge in [0.15, 0.2) is 11.5 Å². The zero-order valence-electron chi connectivity index (χ0n) is 16.3. The van der Waals surface area contributed by atoms with Gasteiger partial charge in [-0.2, -0.15) is 0 Å². The van der Waals surface area contributed by atoms with Crippen molar-refractivity contribution in [1.82, 2.24) is 4.98 Å². The molecule has 5 heteroatoms. The van der Waals surface area contributed by atoms with Crippen LogP contribution in [0.2, 0.25) is 5.02 Å². The molecule has 1 aromatic heterocycles. The topological polar surface area (TPSA) is 55.1 Å². The number of hydrogen-bond acceptors (Lipinski definition) is 3. The third-order valence-corrected chi connectivity index (χ3v) is 4.99. The molecular formula is C24H21ClN2O2. The first-order chi connectivity index (χ1) is 14.0. The molecule has 0 aliphatic rings. The summed E-state index contributed by atoms with van der Waals surface area (Å²) in [5.41, 5.74) is 6.76. The molecule has 0 saturated carbocycles. The van der Waals surface area contributed by atoms with Gasteiger partial charge in [-0.25, -0.2) is 4.98 Å². The van der Waals surface area contributed by atoms with Crippen LogP contribution in [-0.4, -0.2) is 10.9 Å². The molecular weight excluding hydrogens is 384 g/mol. The highest BCUT2D eigenvalue weighted by molar-refractivity contribution is 6.30. The smallest absolute Gasteiger partial charge is 0.228 e. The average molecular weight is 405 g/mol. The van der Waals surface area contributed by atoms with Crippen LogP contribution in [0.5, 0.6) is 0 Å². The second kappa shape index (κ2) is 8.10. The molecule has 0 aliphatic heterocycles. The zero-order valence-corrected chi connectivity index (χ0v) is 17.1. The minimum Gasteiger partial charge on any atom is -0.440 e. The molecule has 0 fully saturated rings. The van der Waals surface area contributed by atoms with E-state index < -0.39 is 0 Å². The highest BCUT2D eigenvalue weighted by Crippen LogP contribution is 2.23. The Kier molecular flexibility index (Phi) is 5.36. The number of amides is 1. The number of nitrogens with zero attached hydrogens (tertiary/aromatic N) is 1. The summed E-state index contributed by atoms with van der Waals surface area (Å²) in [6.07, 6.45) is 0.909. The van der Waals surface area contributed by atoms with Crippen molar-refractivity contribution in [3.8, 4) is 0 Å². The second-order valence-corrected chi connectivity index (χ2v) is 7.70. The SMILES string of the molecule is Cc1cc(C)c2oc(Cc3ccc(NC(=O)Cc4ccc(Cl)cc4)cc3)nc2c1. The lowest BCUT2D eigenvalue weighted by atomic mass is 10.1. The Balaban J connectivity index is 1.40. The van der Waals surface area contributed by atoms with E-state index in [9.17, 15) is 4.79 Å². The largest absolute Gasteiger partial charge is 0.440 e. The Labute approximate surface area is 174 Å². The number of carbonyl (C=O) groups excluding carboxylic acids is 1. The average Bonchev–Trinajstić information content (AvgIpc) is 3.08. The lowest BCUT2D eigenvalue weighted by molar-refractivity contribution is -0.115. The van der Waals surface area contributed by atoms with Crippen LogP contribution >= 0.6 is 11.6 Å². The van der Waals surface area contributed by atoms with Gasteiger partial charge in [-0.05, 0) is 66.4 Å².